The Morgan fingerprint density at radius 2 is 2.11 bits per heavy atom. The quantitative estimate of drug-likeness (QED) is 0.870. The van der Waals surface area contributed by atoms with E-state index in [4.69, 9.17) is 5.73 Å². The van der Waals surface area contributed by atoms with Crippen LogP contribution in [0.3, 0.4) is 0 Å². The van der Waals surface area contributed by atoms with Crippen molar-refractivity contribution in [2.45, 2.75) is 39.7 Å². The minimum atomic E-state index is -0.150. The number of halogens is 1. The Kier molecular flexibility index (Phi) is 3.62. The van der Waals surface area contributed by atoms with Gasteiger partial charge in [0.1, 0.15) is 5.82 Å². The maximum Gasteiger partial charge on any atom is 0.146 e. The second-order valence-electron chi connectivity index (χ2n) is 6.19. The number of piperidine rings is 1. The lowest BCUT2D eigenvalue weighted by Gasteiger charge is -2.39. The van der Waals surface area contributed by atoms with E-state index in [1.807, 2.05) is 19.1 Å². The molecule has 1 aliphatic heterocycles. The van der Waals surface area contributed by atoms with E-state index in [0.717, 1.165) is 25.1 Å². The zero-order chi connectivity index (χ0) is 13.3. The fourth-order valence-electron chi connectivity index (χ4n) is 2.69. The molecule has 0 aliphatic carbocycles. The van der Waals surface area contributed by atoms with Gasteiger partial charge in [0.2, 0.25) is 0 Å². The number of nitrogens with two attached hydrogens (primary N) is 1. The van der Waals surface area contributed by atoms with Crippen LogP contribution in [0.5, 0.6) is 0 Å². The van der Waals surface area contributed by atoms with Crippen molar-refractivity contribution < 1.29 is 4.39 Å². The van der Waals surface area contributed by atoms with Gasteiger partial charge in [0.05, 0.1) is 5.69 Å². The molecule has 0 unspecified atom stereocenters. The summed E-state index contributed by atoms with van der Waals surface area (Å²) in [6.07, 6.45) is 2.34. The highest BCUT2D eigenvalue weighted by molar-refractivity contribution is 5.50. The van der Waals surface area contributed by atoms with Crippen molar-refractivity contribution in [3.05, 3.63) is 29.6 Å². The van der Waals surface area contributed by atoms with Gasteiger partial charge >= 0.3 is 0 Å². The molecular weight excluding hydrogens is 227 g/mol. The predicted octanol–water partition coefficient (Wildman–Crippen LogP) is 3.47. The van der Waals surface area contributed by atoms with Gasteiger partial charge in [-0.15, -0.1) is 0 Å². The van der Waals surface area contributed by atoms with Gasteiger partial charge in [-0.2, -0.15) is 0 Å². The van der Waals surface area contributed by atoms with Crippen LogP contribution in [0.4, 0.5) is 10.1 Å². The van der Waals surface area contributed by atoms with Crippen molar-refractivity contribution in [3.8, 4) is 0 Å². The Hall–Kier alpha value is -1.09. The molecule has 100 valence electrons. The van der Waals surface area contributed by atoms with Gasteiger partial charge in [-0.1, -0.05) is 19.9 Å². The fraction of sp³-hybridized carbons (Fsp3) is 0.600. The lowest BCUT2D eigenvalue weighted by molar-refractivity contribution is 0.292. The summed E-state index contributed by atoms with van der Waals surface area (Å²) in [5.41, 5.74) is 7.61. The summed E-state index contributed by atoms with van der Waals surface area (Å²) < 4.78 is 14.1. The van der Waals surface area contributed by atoms with E-state index in [0.29, 0.717) is 5.69 Å². The smallest absolute Gasteiger partial charge is 0.146 e. The van der Waals surface area contributed by atoms with Gasteiger partial charge in [0.25, 0.3) is 0 Å². The van der Waals surface area contributed by atoms with Crippen LogP contribution in [0.2, 0.25) is 0 Å². The molecule has 2 nitrogen and oxygen atoms in total. The first-order valence-corrected chi connectivity index (χ1v) is 6.69. The summed E-state index contributed by atoms with van der Waals surface area (Å²) in [4.78, 5) is 2.16. The van der Waals surface area contributed by atoms with Crippen LogP contribution in [0.25, 0.3) is 0 Å². The number of hydrogen-bond donors (Lipinski definition) is 1. The van der Waals surface area contributed by atoms with Crippen LogP contribution >= 0.6 is 0 Å². The molecule has 0 aromatic heterocycles. The topological polar surface area (TPSA) is 29.3 Å². The van der Waals surface area contributed by atoms with Gasteiger partial charge in [0, 0.05) is 19.1 Å². The van der Waals surface area contributed by atoms with E-state index in [1.54, 1.807) is 6.07 Å². The van der Waals surface area contributed by atoms with E-state index < -0.39 is 0 Å². The normalized spacial score (nSPS) is 20.8. The van der Waals surface area contributed by atoms with E-state index >= 15 is 0 Å². The first-order valence-electron chi connectivity index (χ1n) is 6.69. The first kappa shape index (κ1) is 13.3. The number of hydrogen-bond acceptors (Lipinski definition) is 2. The van der Waals surface area contributed by atoms with Crippen LogP contribution in [0.15, 0.2) is 18.2 Å². The van der Waals surface area contributed by atoms with Crippen LogP contribution in [-0.2, 0) is 0 Å². The number of anilines is 1. The Labute approximate surface area is 109 Å². The van der Waals surface area contributed by atoms with Gasteiger partial charge in [0.15, 0.2) is 0 Å². The van der Waals surface area contributed by atoms with Gasteiger partial charge < -0.3 is 10.6 Å². The number of benzene rings is 1. The van der Waals surface area contributed by atoms with Crippen LogP contribution in [0.1, 0.15) is 45.2 Å². The summed E-state index contributed by atoms with van der Waals surface area (Å²) in [7, 11) is 0. The summed E-state index contributed by atoms with van der Waals surface area (Å²) in [6, 6.07) is 5.26. The second kappa shape index (κ2) is 4.88. The molecule has 1 aliphatic rings. The van der Waals surface area contributed by atoms with Crippen molar-refractivity contribution in [1.82, 2.24) is 0 Å². The lowest BCUT2D eigenvalue weighted by Crippen LogP contribution is -2.40. The van der Waals surface area contributed by atoms with Crippen molar-refractivity contribution in [1.29, 1.82) is 0 Å². The van der Waals surface area contributed by atoms with Crippen molar-refractivity contribution in [3.63, 3.8) is 0 Å². The predicted molar refractivity (Wildman–Crippen MR) is 74.2 cm³/mol. The maximum absolute atomic E-state index is 14.1. The maximum atomic E-state index is 14.1. The van der Waals surface area contributed by atoms with Crippen LogP contribution in [-0.4, -0.2) is 13.1 Å². The van der Waals surface area contributed by atoms with Crippen LogP contribution in [0, 0.1) is 11.2 Å². The number of rotatable bonds is 2. The molecule has 1 heterocycles. The van der Waals surface area contributed by atoms with Crippen LogP contribution < -0.4 is 10.6 Å². The van der Waals surface area contributed by atoms with Gasteiger partial charge in [-0.3, -0.25) is 0 Å². The molecule has 0 radical (unpaired) electrons. The van der Waals surface area contributed by atoms with Crippen molar-refractivity contribution >= 4 is 5.69 Å². The Balaban J connectivity index is 2.23. The summed E-state index contributed by atoms with van der Waals surface area (Å²) >= 11 is 0. The highest BCUT2D eigenvalue weighted by Gasteiger charge is 2.27. The molecule has 1 fully saturated rings. The molecule has 3 heteroatoms. The molecule has 1 aromatic carbocycles. The third kappa shape index (κ3) is 2.83. The molecule has 1 atom stereocenters. The zero-order valence-electron chi connectivity index (χ0n) is 11.5. The lowest BCUT2D eigenvalue weighted by atomic mass is 9.84. The molecule has 1 aromatic rings. The zero-order valence-corrected chi connectivity index (χ0v) is 11.5. The Morgan fingerprint density at radius 3 is 2.67 bits per heavy atom. The molecule has 0 spiro atoms. The minimum absolute atomic E-state index is 0.119. The molecule has 2 rings (SSSR count). The average Bonchev–Trinajstić information content (AvgIpc) is 2.27. The highest BCUT2D eigenvalue weighted by atomic mass is 19.1. The van der Waals surface area contributed by atoms with E-state index in [9.17, 15) is 4.39 Å². The SMILES string of the molecule is C[C@@H](N)c1ccc(N2CCCC(C)(C)C2)c(F)c1. The summed E-state index contributed by atoms with van der Waals surface area (Å²) in [6.45, 7) is 8.22. The molecule has 0 bridgehead atoms. The first-order chi connectivity index (χ1) is 8.39. The fourth-order valence-corrected chi connectivity index (χ4v) is 2.69. The highest BCUT2D eigenvalue weighted by Crippen LogP contribution is 2.33. The molecule has 0 amide bonds. The van der Waals surface area contributed by atoms with Crippen molar-refractivity contribution in [2.24, 2.45) is 11.1 Å². The summed E-state index contributed by atoms with van der Waals surface area (Å²) in [5, 5.41) is 0. The van der Waals surface area contributed by atoms with E-state index in [-0.39, 0.29) is 17.3 Å². The molecular formula is C15H23FN2. The Bertz CT molecular complexity index is 427. The molecule has 1 saturated heterocycles. The minimum Gasteiger partial charge on any atom is -0.369 e. The average molecular weight is 250 g/mol. The van der Waals surface area contributed by atoms with E-state index in [1.165, 1.54) is 6.42 Å². The largest absolute Gasteiger partial charge is 0.369 e. The van der Waals surface area contributed by atoms with E-state index in [2.05, 4.69) is 18.7 Å². The number of nitrogens with zero attached hydrogens (tertiary/aromatic N) is 1. The molecule has 18 heavy (non-hydrogen) atoms. The van der Waals surface area contributed by atoms with Gasteiger partial charge in [-0.05, 0) is 42.9 Å². The Morgan fingerprint density at radius 1 is 1.39 bits per heavy atom. The van der Waals surface area contributed by atoms with Gasteiger partial charge in [-0.25, -0.2) is 4.39 Å². The monoisotopic (exact) mass is 250 g/mol. The molecule has 0 saturated carbocycles. The van der Waals surface area contributed by atoms with Crippen molar-refractivity contribution in [2.75, 3.05) is 18.0 Å². The second-order valence-corrected chi connectivity index (χ2v) is 6.19. The molecule has 2 N–H and O–H groups in total. The standard InChI is InChI=1S/C15H23FN2/c1-11(17)12-5-6-14(13(16)9-12)18-8-4-7-15(2,3)10-18/h5-6,9,11H,4,7-8,10,17H2,1-3H3/t11-/m1/s1. The third-order valence-electron chi connectivity index (χ3n) is 3.74. The third-order valence-corrected chi connectivity index (χ3v) is 3.74. The summed E-state index contributed by atoms with van der Waals surface area (Å²) in [5.74, 6) is -0.150.